The van der Waals surface area contributed by atoms with Crippen molar-refractivity contribution in [2.45, 2.75) is 50.0 Å². The molecule has 1 amide bonds. The maximum Gasteiger partial charge on any atom is 0.251 e. The summed E-state index contributed by atoms with van der Waals surface area (Å²) in [5.74, 6) is -0.206. The molecule has 7 heteroatoms. The highest BCUT2D eigenvalue weighted by Gasteiger charge is 2.32. The minimum absolute atomic E-state index is 0.189. The van der Waals surface area contributed by atoms with Crippen LogP contribution in [0.1, 0.15) is 48.5 Å². The van der Waals surface area contributed by atoms with Crippen molar-refractivity contribution in [1.82, 2.24) is 9.62 Å². The van der Waals surface area contributed by atoms with E-state index in [4.69, 9.17) is 4.74 Å². The van der Waals surface area contributed by atoms with E-state index < -0.39 is 10.0 Å². The van der Waals surface area contributed by atoms with Gasteiger partial charge in [0.2, 0.25) is 10.0 Å². The van der Waals surface area contributed by atoms with Gasteiger partial charge in [0.25, 0.3) is 5.91 Å². The Balaban J connectivity index is 1.86. The van der Waals surface area contributed by atoms with Gasteiger partial charge in [0, 0.05) is 24.2 Å². The molecular formula is C18H26N2O4S. The molecule has 3 rings (SSSR count). The fraction of sp³-hybridized carbons (Fsp3) is 0.611. The summed E-state index contributed by atoms with van der Waals surface area (Å²) in [6.07, 6.45) is 4.15. The molecule has 1 aromatic carbocycles. The van der Waals surface area contributed by atoms with Gasteiger partial charge in [0.05, 0.1) is 18.1 Å². The second-order valence-corrected chi connectivity index (χ2v) is 9.12. The van der Waals surface area contributed by atoms with E-state index in [-0.39, 0.29) is 16.3 Å². The molecule has 1 aliphatic carbocycles. The monoisotopic (exact) mass is 366 g/mol. The van der Waals surface area contributed by atoms with Crippen LogP contribution >= 0.6 is 0 Å². The lowest BCUT2D eigenvalue weighted by atomic mass is 10.00. The van der Waals surface area contributed by atoms with E-state index in [2.05, 4.69) is 12.2 Å². The van der Waals surface area contributed by atoms with E-state index in [0.29, 0.717) is 37.4 Å². The number of hydrogen-bond donors (Lipinski definition) is 1. The van der Waals surface area contributed by atoms with Crippen LogP contribution in [0.15, 0.2) is 23.1 Å². The first-order valence-electron chi connectivity index (χ1n) is 8.83. The summed E-state index contributed by atoms with van der Waals surface area (Å²) in [7, 11) is -3.62. The molecule has 1 aromatic rings. The summed E-state index contributed by atoms with van der Waals surface area (Å²) in [5, 5.41) is 3.08. The Hall–Kier alpha value is -1.44. The summed E-state index contributed by atoms with van der Waals surface area (Å²) in [4.78, 5) is 12.8. The predicted octanol–water partition coefficient (Wildman–Crippen LogP) is 2.08. The standard InChI is InChI=1S/C18H26N2O4S/c1-14-5-6-15(17(21)19-18(2)7-3-4-8-18)13-16(14)25(22,23)20-9-11-24-12-10-20/h5-6,13H,3-4,7-12H2,1-2H3,(H,19,21). The van der Waals surface area contributed by atoms with Gasteiger partial charge in [-0.3, -0.25) is 4.79 Å². The summed E-state index contributed by atoms with van der Waals surface area (Å²) in [5.41, 5.74) is 0.853. The molecule has 1 saturated carbocycles. The number of hydrogen-bond acceptors (Lipinski definition) is 4. The van der Waals surface area contributed by atoms with Gasteiger partial charge in [-0.2, -0.15) is 4.31 Å². The Morgan fingerprint density at radius 3 is 2.48 bits per heavy atom. The summed E-state index contributed by atoms with van der Waals surface area (Å²) in [6, 6.07) is 4.91. The van der Waals surface area contributed by atoms with Gasteiger partial charge in [-0.25, -0.2) is 8.42 Å². The van der Waals surface area contributed by atoms with E-state index in [9.17, 15) is 13.2 Å². The maximum atomic E-state index is 12.9. The number of amides is 1. The lowest BCUT2D eigenvalue weighted by Crippen LogP contribution is -2.43. The molecule has 1 saturated heterocycles. The van der Waals surface area contributed by atoms with E-state index in [0.717, 1.165) is 25.7 Å². The van der Waals surface area contributed by atoms with Crippen LogP contribution in [0.4, 0.5) is 0 Å². The van der Waals surface area contributed by atoms with E-state index >= 15 is 0 Å². The van der Waals surface area contributed by atoms with Gasteiger partial charge < -0.3 is 10.1 Å². The van der Waals surface area contributed by atoms with Gasteiger partial charge in [-0.05, 0) is 44.4 Å². The summed E-state index contributed by atoms with van der Waals surface area (Å²) >= 11 is 0. The predicted molar refractivity (Wildman–Crippen MR) is 95.1 cm³/mol. The zero-order valence-corrected chi connectivity index (χ0v) is 15.7. The molecular weight excluding hydrogens is 340 g/mol. The van der Waals surface area contributed by atoms with Crippen LogP contribution in [-0.2, 0) is 14.8 Å². The molecule has 1 aliphatic heterocycles. The third-order valence-corrected chi connectivity index (χ3v) is 7.20. The van der Waals surface area contributed by atoms with Crippen molar-refractivity contribution in [2.24, 2.45) is 0 Å². The number of morpholine rings is 1. The van der Waals surface area contributed by atoms with Crippen molar-refractivity contribution in [1.29, 1.82) is 0 Å². The Kier molecular flexibility index (Phi) is 5.18. The van der Waals surface area contributed by atoms with Crippen molar-refractivity contribution >= 4 is 15.9 Å². The highest BCUT2D eigenvalue weighted by molar-refractivity contribution is 7.89. The SMILES string of the molecule is Cc1ccc(C(=O)NC2(C)CCCC2)cc1S(=O)(=O)N1CCOCC1. The number of benzene rings is 1. The minimum atomic E-state index is -3.62. The van der Waals surface area contributed by atoms with Gasteiger partial charge in [-0.15, -0.1) is 0 Å². The molecule has 25 heavy (non-hydrogen) atoms. The molecule has 0 bridgehead atoms. The fourth-order valence-electron chi connectivity index (χ4n) is 3.57. The quantitative estimate of drug-likeness (QED) is 0.885. The fourth-order valence-corrected chi connectivity index (χ4v) is 5.23. The van der Waals surface area contributed by atoms with Crippen molar-refractivity contribution in [3.63, 3.8) is 0 Å². The van der Waals surface area contributed by atoms with Gasteiger partial charge in [0.15, 0.2) is 0 Å². The van der Waals surface area contributed by atoms with Crippen LogP contribution in [0.2, 0.25) is 0 Å². The number of ether oxygens (including phenoxy) is 1. The number of aryl methyl sites for hydroxylation is 1. The normalized spacial score (nSPS) is 21.2. The lowest BCUT2D eigenvalue weighted by Gasteiger charge is -2.27. The van der Waals surface area contributed by atoms with Gasteiger partial charge >= 0.3 is 0 Å². The molecule has 0 radical (unpaired) electrons. The van der Waals surface area contributed by atoms with Crippen molar-refractivity contribution in [3.8, 4) is 0 Å². The molecule has 0 atom stereocenters. The first-order valence-corrected chi connectivity index (χ1v) is 10.3. The van der Waals surface area contributed by atoms with Crippen molar-refractivity contribution in [2.75, 3.05) is 26.3 Å². The topological polar surface area (TPSA) is 75.7 Å². The largest absolute Gasteiger partial charge is 0.379 e. The van der Waals surface area contributed by atoms with Crippen LogP contribution in [0.3, 0.4) is 0 Å². The Morgan fingerprint density at radius 1 is 1.20 bits per heavy atom. The molecule has 0 spiro atoms. The Labute approximate surface area is 149 Å². The third-order valence-electron chi connectivity index (χ3n) is 5.16. The van der Waals surface area contributed by atoms with Crippen LogP contribution in [0.5, 0.6) is 0 Å². The second kappa shape index (κ2) is 7.05. The van der Waals surface area contributed by atoms with Crippen molar-refractivity contribution in [3.05, 3.63) is 29.3 Å². The molecule has 6 nitrogen and oxygen atoms in total. The first kappa shape index (κ1) is 18.4. The number of nitrogens with zero attached hydrogens (tertiary/aromatic N) is 1. The lowest BCUT2D eigenvalue weighted by molar-refractivity contribution is 0.0730. The maximum absolute atomic E-state index is 12.9. The average molecular weight is 366 g/mol. The molecule has 1 N–H and O–H groups in total. The van der Waals surface area contributed by atoms with Gasteiger partial charge in [-0.1, -0.05) is 18.9 Å². The van der Waals surface area contributed by atoms with Crippen LogP contribution < -0.4 is 5.32 Å². The Morgan fingerprint density at radius 2 is 1.84 bits per heavy atom. The Bertz CT molecular complexity index is 748. The van der Waals surface area contributed by atoms with E-state index in [1.165, 1.54) is 10.4 Å². The minimum Gasteiger partial charge on any atom is -0.379 e. The molecule has 0 aromatic heterocycles. The average Bonchev–Trinajstić information content (AvgIpc) is 3.02. The highest BCUT2D eigenvalue weighted by Crippen LogP contribution is 2.29. The molecule has 138 valence electrons. The third kappa shape index (κ3) is 3.88. The number of nitrogens with one attached hydrogen (secondary N) is 1. The number of carbonyl (C=O) groups is 1. The summed E-state index contributed by atoms with van der Waals surface area (Å²) in [6.45, 7) is 5.30. The van der Waals surface area contributed by atoms with Crippen LogP contribution in [0, 0.1) is 6.92 Å². The van der Waals surface area contributed by atoms with E-state index in [1.807, 2.05) is 0 Å². The molecule has 0 unspecified atom stereocenters. The zero-order chi connectivity index (χ0) is 18.1. The van der Waals surface area contributed by atoms with Gasteiger partial charge in [0.1, 0.15) is 0 Å². The molecule has 2 fully saturated rings. The molecule has 2 aliphatic rings. The molecule has 1 heterocycles. The van der Waals surface area contributed by atoms with Crippen LogP contribution in [-0.4, -0.2) is 50.5 Å². The van der Waals surface area contributed by atoms with Crippen LogP contribution in [0.25, 0.3) is 0 Å². The van der Waals surface area contributed by atoms with E-state index in [1.54, 1.807) is 19.1 Å². The highest BCUT2D eigenvalue weighted by atomic mass is 32.2. The smallest absolute Gasteiger partial charge is 0.251 e. The first-order chi connectivity index (χ1) is 11.8. The number of sulfonamides is 1. The second-order valence-electron chi connectivity index (χ2n) is 7.22. The van der Waals surface area contributed by atoms with Crippen molar-refractivity contribution < 1.29 is 17.9 Å². The summed E-state index contributed by atoms with van der Waals surface area (Å²) < 4.78 is 32.5. The number of rotatable bonds is 4. The zero-order valence-electron chi connectivity index (χ0n) is 14.9. The number of carbonyl (C=O) groups excluding carboxylic acids is 1.